The molecule has 1 aromatic rings. The van der Waals surface area contributed by atoms with Gasteiger partial charge in [-0.2, -0.15) is 0 Å². The van der Waals surface area contributed by atoms with Crippen molar-refractivity contribution in [1.29, 1.82) is 0 Å². The number of likely N-dealkylation sites (tertiary alicyclic amines) is 1. The van der Waals surface area contributed by atoms with Crippen LogP contribution in [-0.2, 0) is 21.3 Å². The van der Waals surface area contributed by atoms with Crippen LogP contribution >= 0.6 is 11.3 Å². The van der Waals surface area contributed by atoms with Crippen LogP contribution in [0, 0.1) is 0 Å². The van der Waals surface area contributed by atoms with Gasteiger partial charge < -0.3 is 4.74 Å². The predicted molar refractivity (Wildman–Crippen MR) is 83.9 cm³/mol. The van der Waals surface area contributed by atoms with Crippen LogP contribution < -0.4 is 4.72 Å². The van der Waals surface area contributed by atoms with Crippen molar-refractivity contribution in [3.8, 4) is 0 Å². The molecule has 0 aromatic carbocycles. The van der Waals surface area contributed by atoms with Gasteiger partial charge in [-0.3, -0.25) is 4.90 Å². The molecule has 0 aliphatic carbocycles. The smallest absolute Gasteiger partial charge is 0.208 e. The Balaban J connectivity index is 1.60. The minimum Gasteiger partial charge on any atom is -0.373 e. The maximum absolute atomic E-state index is 11.4. The summed E-state index contributed by atoms with van der Waals surface area (Å²) in [4.78, 5) is 3.78. The number of ether oxygens (including phenoxy) is 1. The second-order valence-corrected chi connectivity index (χ2v) is 8.96. The molecule has 3 heterocycles. The first-order chi connectivity index (χ1) is 9.94. The van der Waals surface area contributed by atoms with E-state index in [0.29, 0.717) is 6.61 Å². The first-order valence-electron chi connectivity index (χ1n) is 7.30. The third kappa shape index (κ3) is 4.04. The van der Waals surface area contributed by atoms with E-state index in [0.717, 1.165) is 38.9 Å². The summed E-state index contributed by atoms with van der Waals surface area (Å²) in [5, 5.41) is 2.10. The molecular formula is C14H22N2O3S2. The normalized spacial score (nSPS) is 31.0. The summed E-state index contributed by atoms with van der Waals surface area (Å²) in [6.45, 7) is 3.52. The van der Waals surface area contributed by atoms with Crippen molar-refractivity contribution in [2.45, 2.75) is 37.5 Å². The third-order valence-electron chi connectivity index (χ3n) is 4.23. The molecule has 5 nitrogen and oxygen atoms in total. The largest absolute Gasteiger partial charge is 0.373 e. The molecule has 118 valence electrons. The number of rotatable bonds is 4. The van der Waals surface area contributed by atoms with Crippen LogP contribution in [0.5, 0.6) is 0 Å². The molecule has 0 amide bonds. The summed E-state index contributed by atoms with van der Waals surface area (Å²) in [5.74, 6) is 0. The van der Waals surface area contributed by atoms with Gasteiger partial charge in [-0.15, -0.1) is 11.3 Å². The highest BCUT2D eigenvalue weighted by Crippen LogP contribution is 2.35. The lowest BCUT2D eigenvalue weighted by atomic mass is 9.90. The van der Waals surface area contributed by atoms with Crippen LogP contribution in [0.2, 0.25) is 0 Å². The van der Waals surface area contributed by atoms with Crippen molar-refractivity contribution in [2.75, 3.05) is 26.0 Å². The van der Waals surface area contributed by atoms with Crippen LogP contribution in [0.3, 0.4) is 0 Å². The number of hydrogen-bond donors (Lipinski definition) is 1. The minimum absolute atomic E-state index is 0.00966. The molecule has 0 saturated carbocycles. The first kappa shape index (κ1) is 15.4. The Morgan fingerprint density at radius 1 is 1.57 bits per heavy atom. The highest BCUT2D eigenvalue weighted by molar-refractivity contribution is 7.88. The van der Waals surface area contributed by atoms with Crippen LogP contribution in [-0.4, -0.2) is 50.9 Å². The number of sulfonamides is 1. The molecule has 0 radical (unpaired) electrons. The predicted octanol–water partition coefficient (Wildman–Crippen LogP) is 1.42. The van der Waals surface area contributed by atoms with Crippen molar-refractivity contribution in [2.24, 2.45) is 0 Å². The van der Waals surface area contributed by atoms with Crippen molar-refractivity contribution in [3.05, 3.63) is 22.4 Å². The van der Waals surface area contributed by atoms with E-state index in [4.69, 9.17) is 4.74 Å². The third-order valence-corrected chi connectivity index (χ3v) is 5.85. The van der Waals surface area contributed by atoms with Crippen LogP contribution in [0.15, 0.2) is 17.5 Å². The first-order valence-corrected chi connectivity index (χ1v) is 10.1. The Bertz CT molecular complexity index is 573. The lowest BCUT2D eigenvalue weighted by molar-refractivity contribution is -0.0778. The summed E-state index contributed by atoms with van der Waals surface area (Å²) in [5.41, 5.74) is -0.169. The van der Waals surface area contributed by atoms with Gasteiger partial charge in [0.1, 0.15) is 0 Å². The molecule has 1 aromatic heterocycles. The molecule has 0 bridgehead atoms. The Kier molecular flexibility index (Phi) is 4.38. The second kappa shape index (κ2) is 5.96. The average Bonchev–Trinajstić information content (AvgIpc) is 2.99. The lowest BCUT2D eigenvalue weighted by Crippen LogP contribution is -2.49. The van der Waals surface area contributed by atoms with Crippen molar-refractivity contribution in [1.82, 2.24) is 9.62 Å². The molecule has 2 saturated heterocycles. The quantitative estimate of drug-likeness (QED) is 0.907. The Morgan fingerprint density at radius 2 is 2.43 bits per heavy atom. The summed E-state index contributed by atoms with van der Waals surface area (Å²) in [7, 11) is -3.14. The fourth-order valence-electron chi connectivity index (χ4n) is 3.40. The number of thiophene rings is 1. The summed E-state index contributed by atoms with van der Waals surface area (Å²) < 4.78 is 31.6. The Morgan fingerprint density at radius 3 is 3.14 bits per heavy atom. The van der Waals surface area contributed by atoms with E-state index in [9.17, 15) is 8.42 Å². The molecule has 1 N–H and O–H groups in total. The molecule has 0 unspecified atom stereocenters. The van der Waals surface area contributed by atoms with Crippen molar-refractivity contribution < 1.29 is 13.2 Å². The summed E-state index contributed by atoms with van der Waals surface area (Å²) >= 11 is 1.78. The van der Waals surface area contributed by atoms with Crippen LogP contribution in [0.25, 0.3) is 0 Å². The maximum Gasteiger partial charge on any atom is 0.208 e. The molecule has 2 aliphatic rings. The highest BCUT2D eigenvalue weighted by atomic mass is 32.2. The fourth-order valence-corrected chi connectivity index (χ4v) is 4.95. The lowest BCUT2D eigenvalue weighted by Gasteiger charge is -2.38. The second-order valence-electron chi connectivity index (χ2n) is 6.15. The number of nitrogens with one attached hydrogen (secondary N) is 1. The zero-order valence-electron chi connectivity index (χ0n) is 12.2. The van der Waals surface area contributed by atoms with E-state index in [-0.39, 0.29) is 11.6 Å². The van der Waals surface area contributed by atoms with Gasteiger partial charge in [0.05, 0.1) is 11.9 Å². The minimum atomic E-state index is -3.14. The highest BCUT2D eigenvalue weighted by Gasteiger charge is 2.43. The van der Waals surface area contributed by atoms with E-state index in [1.54, 1.807) is 11.3 Å². The monoisotopic (exact) mass is 330 g/mol. The SMILES string of the molecule is CS(=O)(=O)N[C@H]1CCO[C@]2(CCN(Cc3cccs3)C2)C1. The van der Waals surface area contributed by atoms with Gasteiger partial charge in [-0.05, 0) is 30.7 Å². The van der Waals surface area contributed by atoms with Crippen LogP contribution in [0.1, 0.15) is 24.1 Å². The zero-order chi connectivity index (χ0) is 14.9. The average molecular weight is 330 g/mol. The Labute approximate surface area is 130 Å². The fraction of sp³-hybridized carbons (Fsp3) is 0.714. The maximum atomic E-state index is 11.4. The van der Waals surface area contributed by atoms with Gasteiger partial charge in [-0.25, -0.2) is 13.1 Å². The van der Waals surface area contributed by atoms with Gasteiger partial charge in [0.15, 0.2) is 0 Å². The standard InChI is InChI=1S/C14H22N2O3S2/c1-21(17,18)15-12-4-7-19-14(9-12)5-6-16(11-14)10-13-3-2-8-20-13/h2-3,8,12,15H,4-7,9-11H2,1H3/t12-,14+/m0/s1. The molecule has 21 heavy (non-hydrogen) atoms. The molecule has 2 fully saturated rings. The zero-order valence-corrected chi connectivity index (χ0v) is 13.9. The molecule has 2 atom stereocenters. The van der Waals surface area contributed by atoms with Crippen LogP contribution in [0.4, 0.5) is 0 Å². The van der Waals surface area contributed by atoms with E-state index in [1.165, 1.54) is 11.1 Å². The van der Waals surface area contributed by atoms with Gasteiger partial charge in [0.25, 0.3) is 0 Å². The topological polar surface area (TPSA) is 58.6 Å². The van der Waals surface area contributed by atoms with E-state index in [2.05, 4.69) is 27.1 Å². The molecule has 2 aliphatic heterocycles. The molecular weight excluding hydrogens is 308 g/mol. The van der Waals surface area contributed by atoms with E-state index < -0.39 is 10.0 Å². The molecule has 3 rings (SSSR count). The summed E-state index contributed by atoms with van der Waals surface area (Å²) in [6, 6.07) is 4.25. The molecule has 1 spiro atoms. The number of nitrogens with zero attached hydrogens (tertiary/aromatic N) is 1. The summed E-state index contributed by atoms with van der Waals surface area (Å²) in [6.07, 6.45) is 3.76. The molecule has 7 heteroatoms. The van der Waals surface area contributed by atoms with Crippen molar-refractivity contribution >= 4 is 21.4 Å². The number of hydrogen-bond acceptors (Lipinski definition) is 5. The van der Waals surface area contributed by atoms with Crippen molar-refractivity contribution in [3.63, 3.8) is 0 Å². The van der Waals surface area contributed by atoms with E-state index in [1.807, 2.05) is 0 Å². The van der Waals surface area contributed by atoms with Gasteiger partial charge >= 0.3 is 0 Å². The van der Waals surface area contributed by atoms with Gasteiger partial charge in [0, 0.05) is 37.2 Å². The van der Waals surface area contributed by atoms with E-state index >= 15 is 0 Å². The van der Waals surface area contributed by atoms with Gasteiger partial charge in [-0.1, -0.05) is 6.07 Å². The van der Waals surface area contributed by atoms with Gasteiger partial charge in [0.2, 0.25) is 10.0 Å². The Hall–Kier alpha value is -0.470.